The van der Waals surface area contributed by atoms with Gasteiger partial charge in [0, 0.05) is 18.9 Å². The molecule has 2 rings (SSSR count). The Bertz CT molecular complexity index is 472. The summed E-state index contributed by atoms with van der Waals surface area (Å²) in [5, 5.41) is 3.12. The Morgan fingerprint density at radius 1 is 1.37 bits per heavy atom. The fourth-order valence-corrected chi connectivity index (χ4v) is 1.96. The Morgan fingerprint density at radius 2 is 2.16 bits per heavy atom. The molecule has 1 N–H and O–H groups in total. The van der Waals surface area contributed by atoms with Crippen LogP contribution in [0.3, 0.4) is 0 Å². The molecule has 0 aromatic carbocycles. The van der Waals surface area contributed by atoms with Crippen molar-refractivity contribution in [3.8, 4) is 0 Å². The summed E-state index contributed by atoms with van der Waals surface area (Å²) in [6.07, 6.45) is 4.53. The van der Waals surface area contributed by atoms with Gasteiger partial charge < -0.3 is 5.32 Å². The van der Waals surface area contributed by atoms with Crippen LogP contribution in [0, 0.1) is 5.92 Å². The van der Waals surface area contributed by atoms with Crippen LogP contribution in [0.15, 0.2) is 12.4 Å². The predicted molar refractivity (Wildman–Crippen MR) is 70.2 cm³/mol. The number of hydrogen-bond acceptors (Lipinski definition) is 5. The third kappa shape index (κ3) is 3.07. The van der Waals surface area contributed by atoms with Gasteiger partial charge in [-0.1, -0.05) is 13.8 Å². The number of amides is 2. The molecular weight excluding hydrogens is 244 g/mol. The third-order valence-corrected chi connectivity index (χ3v) is 3.05. The second kappa shape index (κ2) is 5.77. The Kier molecular flexibility index (Phi) is 4.09. The van der Waals surface area contributed by atoms with Crippen molar-refractivity contribution in [1.82, 2.24) is 14.9 Å². The van der Waals surface area contributed by atoms with E-state index >= 15 is 0 Å². The third-order valence-electron chi connectivity index (χ3n) is 3.05. The summed E-state index contributed by atoms with van der Waals surface area (Å²) < 4.78 is 0. The molecule has 102 valence electrons. The first-order valence-electron chi connectivity index (χ1n) is 6.50. The smallest absolute Gasteiger partial charge is 0.232 e. The van der Waals surface area contributed by atoms with Crippen molar-refractivity contribution in [2.75, 3.05) is 11.9 Å². The van der Waals surface area contributed by atoms with Crippen molar-refractivity contribution < 1.29 is 9.59 Å². The van der Waals surface area contributed by atoms with Gasteiger partial charge in [-0.15, -0.1) is 0 Å². The standard InChI is InChI=1S/C13H18N4O2/c1-3-4-14-11-7-15-10(6-16-11)8-17-12(18)5-9(2)13(17)19/h6-7,9H,3-5,8H2,1-2H3,(H,14,16). The first-order valence-corrected chi connectivity index (χ1v) is 6.50. The molecule has 19 heavy (non-hydrogen) atoms. The van der Waals surface area contributed by atoms with Crippen LogP contribution < -0.4 is 5.32 Å². The minimum atomic E-state index is -0.217. The SMILES string of the molecule is CCCNc1cnc(CN2C(=O)CC(C)C2=O)cn1. The Labute approximate surface area is 112 Å². The largest absolute Gasteiger partial charge is 0.369 e. The zero-order chi connectivity index (χ0) is 13.8. The molecule has 0 spiro atoms. The quantitative estimate of drug-likeness (QED) is 0.807. The lowest BCUT2D eigenvalue weighted by Gasteiger charge is -2.13. The van der Waals surface area contributed by atoms with Gasteiger partial charge in [0.2, 0.25) is 11.8 Å². The minimum absolute atomic E-state index is 0.125. The number of nitrogens with zero attached hydrogens (tertiary/aromatic N) is 3. The second-order valence-corrected chi connectivity index (χ2v) is 4.74. The maximum Gasteiger partial charge on any atom is 0.232 e. The number of aromatic nitrogens is 2. The fourth-order valence-electron chi connectivity index (χ4n) is 1.96. The summed E-state index contributed by atoms with van der Waals surface area (Å²) in [6, 6.07) is 0. The average Bonchev–Trinajstić information content (AvgIpc) is 2.64. The monoisotopic (exact) mass is 262 g/mol. The molecule has 0 saturated carbocycles. The molecule has 1 aromatic heterocycles. The highest BCUT2D eigenvalue weighted by Gasteiger charge is 2.35. The molecule has 1 aliphatic rings. The van der Waals surface area contributed by atoms with Gasteiger partial charge in [-0.2, -0.15) is 0 Å². The van der Waals surface area contributed by atoms with Crippen molar-refractivity contribution in [2.24, 2.45) is 5.92 Å². The molecule has 2 heterocycles. The number of carbonyl (C=O) groups is 2. The predicted octanol–water partition coefficient (Wildman–Crippen LogP) is 1.19. The molecule has 0 bridgehead atoms. The lowest BCUT2D eigenvalue weighted by atomic mass is 10.1. The van der Waals surface area contributed by atoms with Gasteiger partial charge in [-0.3, -0.25) is 19.5 Å². The first kappa shape index (κ1) is 13.5. The molecule has 1 atom stereocenters. The lowest BCUT2D eigenvalue weighted by molar-refractivity contribution is -0.140. The van der Waals surface area contributed by atoms with E-state index in [0.717, 1.165) is 13.0 Å². The number of nitrogens with one attached hydrogen (secondary N) is 1. The van der Waals surface area contributed by atoms with Gasteiger partial charge >= 0.3 is 0 Å². The fraction of sp³-hybridized carbons (Fsp3) is 0.538. The summed E-state index contributed by atoms with van der Waals surface area (Å²) >= 11 is 0. The highest BCUT2D eigenvalue weighted by Crippen LogP contribution is 2.20. The van der Waals surface area contributed by atoms with Crippen molar-refractivity contribution in [1.29, 1.82) is 0 Å². The maximum atomic E-state index is 11.8. The van der Waals surface area contributed by atoms with Crippen LogP contribution in [0.1, 0.15) is 32.4 Å². The first-order chi connectivity index (χ1) is 9.11. The number of anilines is 1. The van der Waals surface area contributed by atoms with Gasteiger partial charge in [-0.05, 0) is 6.42 Å². The van der Waals surface area contributed by atoms with Crippen molar-refractivity contribution in [2.45, 2.75) is 33.2 Å². The molecule has 0 aliphatic carbocycles. The van der Waals surface area contributed by atoms with Crippen molar-refractivity contribution in [3.63, 3.8) is 0 Å². The molecule has 0 radical (unpaired) electrons. The van der Waals surface area contributed by atoms with E-state index in [1.54, 1.807) is 19.3 Å². The Hall–Kier alpha value is -1.98. The molecular formula is C13H18N4O2. The van der Waals surface area contributed by atoms with Crippen molar-refractivity contribution >= 4 is 17.6 Å². The molecule has 1 fully saturated rings. The van der Waals surface area contributed by atoms with Gasteiger partial charge in [0.1, 0.15) is 5.82 Å². The van der Waals surface area contributed by atoms with E-state index in [2.05, 4.69) is 22.2 Å². The van der Waals surface area contributed by atoms with E-state index in [1.165, 1.54) is 4.90 Å². The van der Waals surface area contributed by atoms with Crippen LogP contribution in [-0.4, -0.2) is 33.2 Å². The molecule has 1 aromatic rings. The molecule has 6 heteroatoms. The van der Waals surface area contributed by atoms with E-state index in [-0.39, 0.29) is 24.3 Å². The summed E-state index contributed by atoms with van der Waals surface area (Å²) in [5.74, 6) is 0.233. The second-order valence-electron chi connectivity index (χ2n) is 4.74. The number of imide groups is 1. The number of rotatable bonds is 5. The summed E-state index contributed by atoms with van der Waals surface area (Å²) in [4.78, 5) is 33.1. The summed E-state index contributed by atoms with van der Waals surface area (Å²) in [7, 11) is 0. The number of carbonyl (C=O) groups excluding carboxylic acids is 2. The Balaban J connectivity index is 1.99. The van der Waals surface area contributed by atoms with Crippen molar-refractivity contribution in [3.05, 3.63) is 18.1 Å². The van der Waals surface area contributed by atoms with Gasteiger partial charge in [0.15, 0.2) is 0 Å². The van der Waals surface area contributed by atoms with Gasteiger partial charge in [-0.25, -0.2) is 4.98 Å². The maximum absolute atomic E-state index is 11.8. The number of hydrogen-bond donors (Lipinski definition) is 1. The zero-order valence-corrected chi connectivity index (χ0v) is 11.2. The minimum Gasteiger partial charge on any atom is -0.369 e. The summed E-state index contributed by atoms with van der Waals surface area (Å²) in [6.45, 7) is 4.89. The van der Waals surface area contributed by atoms with Crippen LogP contribution in [0.5, 0.6) is 0 Å². The molecule has 6 nitrogen and oxygen atoms in total. The van der Waals surface area contributed by atoms with Crippen LogP contribution in [0.4, 0.5) is 5.82 Å². The average molecular weight is 262 g/mol. The van der Waals surface area contributed by atoms with E-state index in [1.807, 2.05) is 0 Å². The topological polar surface area (TPSA) is 75.2 Å². The van der Waals surface area contributed by atoms with E-state index in [9.17, 15) is 9.59 Å². The van der Waals surface area contributed by atoms with E-state index in [4.69, 9.17) is 0 Å². The van der Waals surface area contributed by atoms with Gasteiger partial charge in [0.05, 0.1) is 24.6 Å². The van der Waals surface area contributed by atoms with Crippen LogP contribution in [0.25, 0.3) is 0 Å². The van der Waals surface area contributed by atoms with Crippen LogP contribution in [0.2, 0.25) is 0 Å². The van der Waals surface area contributed by atoms with Gasteiger partial charge in [0.25, 0.3) is 0 Å². The number of likely N-dealkylation sites (tertiary alicyclic amines) is 1. The van der Waals surface area contributed by atoms with Crippen LogP contribution >= 0.6 is 0 Å². The molecule has 1 saturated heterocycles. The van der Waals surface area contributed by atoms with Crippen LogP contribution in [-0.2, 0) is 16.1 Å². The zero-order valence-electron chi connectivity index (χ0n) is 11.2. The van der Waals surface area contributed by atoms with E-state index in [0.29, 0.717) is 17.9 Å². The Morgan fingerprint density at radius 3 is 2.68 bits per heavy atom. The molecule has 2 amide bonds. The molecule has 1 unspecified atom stereocenters. The summed E-state index contributed by atoms with van der Waals surface area (Å²) in [5.41, 5.74) is 0.623. The normalized spacial score (nSPS) is 19.1. The highest BCUT2D eigenvalue weighted by molar-refractivity contribution is 6.03. The van der Waals surface area contributed by atoms with E-state index < -0.39 is 0 Å². The highest BCUT2D eigenvalue weighted by atomic mass is 16.2. The molecule has 1 aliphatic heterocycles. The lowest BCUT2D eigenvalue weighted by Crippen LogP contribution is -2.30.